The van der Waals surface area contributed by atoms with Crippen LogP contribution < -0.4 is 5.30 Å². The first kappa shape index (κ1) is 8.51. The summed E-state index contributed by atoms with van der Waals surface area (Å²) in [6, 6.07) is 9.21. The second-order valence-electron chi connectivity index (χ2n) is 2.36. The minimum atomic E-state index is -2.53. The maximum atomic E-state index is 11.6. The summed E-state index contributed by atoms with van der Waals surface area (Å²) >= 11 is 0. The molecule has 0 fully saturated rings. The van der Waals surface area contributed by atoms with Crippen molar-refractivity contribution in [1.82, 2.24) is 0 Å². The molecule has 11 heavy (non-hydrogen) atoms. The summed E-state index contributed by atoms with van der Waals surface area (Å²) in [5, 5.41) is 0.766. The molecule has 0 heterocycles. The third kappa shape index (κ3) is 1.92. The van der Waals surface area contributed by atoms with E-state index in [1.807, 2.05) is 30.3 Å². The first-order chi connectivity index (χ1) is 5.17. The van der Waals surface area contributed by atoms with Crippen molar-refractivity contribution < 1.29 is 9.09 Å². The molecule has 0 N–H and O–H groups in total. The molecule has 0 bridgehead atoms. The van der Waals surface area contributed by atoms with Gasteiger partial charge in [0.05, 0.1) is 0 Å². The second kappa shape index (κ2) is 3.21. The van der Waals surface area contributed by atoms with Gasteiger partial charge in [-0.3, -0.25) is 4.57 Å². The minimum absolute atomic E-state index is 0.766. The van der Waals surface area contributed by atoms with E-state index in [0.29, 0.717) is 0 Å². The topological polar surface area (TPSA) is 26.3 Å². The standard InChI is InChI=1S/C8H11O2P/c1-10-11(2,9)8-6-4-3-5-7-8/h3-7H,1-2H3/t11-/m0/s1. The van der Waals surface area contributed by atoms with E-state index in [-0.39, 0.29) is 0 Å². The lowest BCUT2D eigenvalue weighted by molar-refractivity contribution is 0.408. The maximum absolute atomic E-state index is 11.6. The Morgan fingerprint density at radius 3 is 2.27 bits per heavy atom. The fraction of sp³-hybridized carbons (Fsp3) is 0.250. The monoisotopic (exact) mass is 170 g/mol. The van der Waals surface area contributed by atoms with Crippen molar-refractivity contribution in [3.8, 4) is 0 Å². The second-order valence-corrected chi connectivity index (χ2v) is 4.94. The van der Waals surface area contributed by atoms with Crippen LogP contribution >= 0.6 is 7.37 Å². The van der Waals surface area contributed by atoms with Gasteiger partial charge in [-0.15, -0.1) is 0 Å². The molecule has 0 saturated heterocycles. The van der Waals surface area contributed by atoms with Gasteiger partial charge in [-0.25, -0.2) is 0 Å². The van der Waals surface area contributed by atoms with Gasteiger partial charge in [0.15, 0.2) is 0 Å². The van der Waals surface area contributed by atoms with Gasteiger partial charge in [0.25, 0.3) is 0 Å². The summed E-state index contributed by atoms with van der Waals surface area (Å²) in [6.07, 6.45) is 0. The normalized spacial score (nSPS) is 15.8. The van der Waals surface area contributed by atoms with Crippen LogP contribution in [0.3, 0.4) is 0 Å². The molecular weight excluding hydrogens is 159 g/mol. The van der Waals surface area contributed by atoms with Gasteiger partial charge in [0.1, 0.15) is 0 Å². The Hall–Kier alpha value is -0.590. The number of rotatable bonds is 2. The van der Waals surface area contributed by atoms with Crippen LogP contribution in [-0.4, -0.2) is 13.8 Å². The number of hydrogen-bond donors (Lipinski definition) is 0. The number of benzene rings is 1. The quantitative estimate of drug-likeness (QED) is 0.633. The van der Waals surface area contributed by atoms with Crippen LogP contribution in [0, 0.1) is 0 Å². The van der Waals surface area contributed by atoms with Crippen LogP contribution in [-0.2, 0) is 9.09 Å². The molecule has 0 aliphatic rings. The Labute approximate surface area is 66.7 Å². The van der Waals surface area contributed by atoms with E-state index >= 15 is 0 Å². The van der Waals surface area contributed by atoms with Crippen molar-refractivity contribution in [2.24, 2.45) is 0 Å². The van der Waals surface area contributed by atoms with Crippen molar-refractivity contribution in [2.75, 3.05) is 13.8 Å². The van der Waals surface area contributed by atoms with E-state index in [1.165, 1.54) is 7.11 Å². The molecule has 0 unspecified atom stereocenters. The van der Waals surface area contributed by atoms with Crippen LogP contribution in [0.2, 0.25) is 0 Å². The van der Waals surface area contributed by atoms with Gasteiger partial charge in [0.2, 0.25) is 7.37 Å². The van der Waals surface area contributed by atoms with Crippen LogP contribution in [0.5, 0.6) is 0 Å². The zero-order valence-corrected chi connectivity index (χ0v) is 7.54. The summed E-state index contributed by atoms with van der Waals surface area (Å²) in [5.74, 6) is 0. The maximum Gasteiger partial charge on any atom is 0.228 e. The summed E-state index contributed by atoms with van der Waals surface area (Å²) in [5.41, 5.74) is 0. The van der Waals surface area contributed by atoms with Crippen LogP contribution in [0.4, 0.5) is 0 Å². The lowest BCUT2D eigenvalue weighted by atomic mass is 10.4. The van der Waals surface area contributed by atoms with Gasteiger partial charge >= 0.3 is 0 Å². The Morgan fingerprint density at radius 1 is 1.27 bits per heavy atom. The third-order valence-corrected chi connectivity index (χ3v) is 3.51. The van der Waals surface area contributed by atoms with E-state index in [0.717, 1.165) is 5.30 Å². The molecule has 0 saturated carbocycles. The largest absolute Gasteiger partial charge is 0.329 e. The molecule has 60 valence electrons. The van der Waals surface area contributed by atoms with Crippen molar-refractivity contribution >= 4 is 12.7 Å². The average Bonchev–Trinajstić information content (AvgIpc) is 2.06. The molecule has 3 heteroatoms. The SMILES string of the molecule is CO[P@](C)(=O)c1ccccc1. The van der Waals surface area contributed by atoms with Crippen molar-refractivity contribution in [3.05, 3.63) is 30.3 Å². The smallest absolute Gasteiger partial charge is 0.228 e. The first-order valence-corrected chi connectivity index (χ1v) is 5.43. The fourth-order valence-electron chi connectivity index (χ4n) is 0.804. The van der Waals surface area contributed by atoms with Gasteiger partial charge < -0.3 is 4.52 Å². The molecule has 0 spiro atoms. The van der Waals surface area contributed by atoms with Gasteiger partial charge in [-0.1, -0.05) is 18.2 Å². The Bertz CT molecular complexity index is 269. The van der Waals surface area contributed by atoms with Crippen molar-refractivity contribution in [3.63, 3.8) is 0 Å². The van der Waals surface area contributed by atoms with Crippen LogP contribution in [0.15, 0.2) is 30.3 Å². The minimum Gasteiger partial charge on any atom is -0.329 e. The molecule has 0 aliphatic heterocycles. The molecule has 2 nitrogen and oxygen atoms in total. The zero-order valence-electron chi connectivity index (χ0n) is 6.65. The molecule has 1 aromatic carbocycles. The van der Waals surface area contributed by atoms with Gasteiger partial charge in [0, 0.05) is 19.1 Å². The van der Waals surface area contributed by atoms with E-state index in [1.54, 1.807) is 6.66 Å². The highest BCUT2D eigenvalue weighted by atomic mass is 31.2. The third-order valence-electron chi connectivity index (χ3n) is 1.57. The summed E-state index contributed by atoms with van der Waals surface area (Å²) in [4.78, 5) is 0. The molecule has 1 aromatic rings. The van der Waals surface area contributed by atoms with Gasteiger partial charge in [-0.2, -0.15) is 0 Å². The molecule has 0 aromatic heterocycles. The first-order valence-electron chi connectivity index (χ1n) is 3.35. The van der Waals surface area contributed by atoms with Crippen molar-refractivity contribution in [1.29, 1.82) is 0 Å². The predicted molar refractivity (Wildman–Crippen MR) is 46.6 cm³/mol. The van der Waals surface area contributed by atoms with Gasteiger partial charge in [-0.05, 0) is 12.1 Å². The van der Waals surface area contributed by atoms with Crippen LogP contribution in [0.1, 0.15) is 0 Å². The highest BCUT2D eigenvalue weighted by Crippen LogP contribution is 2.39. The Kier molecular flexibility index (Phi) is 2.48. The predicted octanol–water partition coefficient (Wildman–Crippen LogP) is 1.87. The van der Waals surface area contributed by atoms with E-state index in [4.69, 9.17) is 4.52 Å². The van der Waals surface area contributed by atoms with E-state index in [2.05, 4.69) is 0 Å². The molecule has 1 atom stereocenters. The molecule has 0 aliphatic carbocycles. The molecular formula is C8H11O2P. The molecule has 1 rings (SSSR count). The summed E-state index contributed by atoms with van der Waals surface area (Å²) in [6.45, 7) is 1.61. The summed E-state index contributed by atoms with van der Waals surface area (Å²) in [7, 11) is -1.06. The zero-order chi connectivity index (χ0) is 8.32. The lowest BCUT2D eigenvalue weighted by Crippen LogP contribution is -2.03. The van der Waals surface area contributed by atoms with Crippen LogP contribution in [0.25, 0.3) is 0 Å². The summed E-state index contributed by atoms with van der Waals surface area (Å²) < 4.78 is 16.4. The highest BCUT2D eigenvalue weighted by Gasteiger charge is 2.15. The number of hydrogen-bond acceptors (Lipinski definition) is 2. The molecule has 0 radical (unpaired) electrons. The Balaban J connectivity index is 3.03. The van der Waals surface area contributed by atoms with E-state index in [9.17, 15) is 4.57 Å². The average molecular weight is 170 g/mol. The fourth-order valence-corrected chi connectivity index (χ4v) is 1.73. The molecule has 0 amide bonds. The lowest BCUT2D eigenvalue weighted by Gasteiger charge is -2.09. The van der Waals surface area contributed by atoms with Crippen molar-refractivity contribution in [2.45, 2.75) is 0 Å². The Morgan fingerprint density at radius 2 is 1.82 bits per heavy atom. The highest BCUT2D eigenvalue weighted by molar-refractivity contribution is 7.66. The van der Waals surface area contributed by atoms with E-state index < -0.39 is 7.37 Å².